The first-order valence-electron chi connectivity index (χ1n) is 5.02. The number of rotatable bonds is 2. The van der Waals surface area contributed by atoms with E-state index in [1.807, 2.05) is 24.3 Å². The molecule has 0 unspecified atom stereocenters. The lowest BCUT2D eigenvalue weighted by atomic mass is 10.2. The third-order valence-corrected chi connectivity index (χ3v) is 2.94. The van der Waals surface area contributed by atoms with Crippen molar-refractivity contribution in [3.05, 3.63) is 58.6 Å². The van der Waals surface area contributed by atoms with E-state index in [1.54, 1.807) is 12.1 Å². The maximum absolute atomic E-state index is 11.9. The molecule has 2 aromatic rings. The van der Waals surface area contributed by atoms with Crippen LogP contribution in [-0.4, -0.2) is 11.0 Å². The zero-order chi connectivity index (χ0) is 12.3. The molecule has 0 fully saturated rings. The fourth-order valence-corrected chi connectivity index (χ4v) is 1.75. The van der Waals surface area contributed by atoms with Gasteiger partial charge in [-0.15, -0.1) is 0 Å². The molecule has 1 amide bonds. The Kier molecular flexibility index (Phi) is 3.44. The summed E-state index contributed by atoms with van der Waals surface area (Å²) in [4.78, 5) is 11.9. The SMILES string of the molecule is O=C(Nc1ccccc1Br)c1ccc(O)cc1. The number of carbonyl (C=O) groups excluding carboxylic acids is 1. The Bertz CT molecular complexity index is 537. The number of para-hydroxylation sites is 1. The average molecular weight is 292 g/mol. The van der Waals surface area contributed by atoms with Gasteiger partial charge in [-0.05, 0) is 52.3 Å². The predicted octanol–water partition coefficient (Wildman–Crippen LogP) is 3.41. The third-order valence-electron chi connectivity index (χ3n) is 2.25. The zero-order valence-electron chi connectivity index (χ0n) is 8.85. The maximum Gasteiger partial charge on any atom is 0.255 e. The maximum atomic E-state index is 11.9. The van der Waals surface area contributed by atoms with Crippen molar-refractivity contribution < 1.29 is 9.90 Å². The largest absolute Gasteiger partial charge is 0.508 e. The molecular formula is C13H10BrNO2. The van der Waals surface area contributed by atoms with Crippen molar-refractivity contribution in [3.63, 3.8) is 0 Å². The van der Waals surface area contributed by atoms with Gasteiger partial charge in [-0.1, -0.05) is 12.1 Å². The second-order valence-electron chi connectivity index (χ2n) is 3.48. The summed E-state index contributed by atoms with van der Waals surface area (Å²) in [5, 5.41) is 11.9. The fraction of sp³-hybridized carbons (Fsp3) is 0. The van der Waals surface area contributed by atoms with Gasteiger partial charge in [0, 0.05) is 10.0 Å². The summed E-state index contributed by atoms with van der Waals surface area (Å²) in [7, 11) is 0. The van der Waals surface area contributed by atoms with E-state index in [0.29, 0.717) is 11.3 Å². The first kappa shape index (κ1) is 11.7. The molecule has 4 heteroatoms. The van der Waals surface area contributed by atoms with Crippen molar-refractivity contribution >= 4 is 27.5 Å². The van der Waals surface area contributed by atoms with E-state index in [-0.39, 0.29) is 11.7 Å². The first-order valence-corrected chi connectivity index (χ1v) is 5.81. The quantitative estimate of drug-likeness (QED) is 0.891. The normalized spacial score (nSPS) is 9.94. The standard InChI is InChI=1S/C13H10BrNO2/c14-11-3-1-2-4-12(11)15-13(17)9-5-7-10(16)8-6-9/h1-8,16H,(H,15,17). The van der Waals surface area contributed by atoms with Crippen molar-refractivity contribution in [2.75, 3.05) is 5.32 Å². The van der Waals surface area contributed by atoms with E-state index in [1.165, 1.54) is 12.1 Å². The molecule has 0 atom stereocenters. The molecule has 0 saturated carbocycles. The second-order valence-corrected chi connectivity index (χ2v) is 4.34. The molecule has 86 valence electrons. The number of phenolic OH excluding ortho intramolecular Hbond substituents is 1. The Morgan fingerprint density at radius 2 is 1.71 bits per heavy atom. The summed E-state index contributed by atoms with van der Waals surface area (Å²) in [6.07, 6.45) is 0. The minimum Gasteiger partial charge on any atom is -0.508 e. The number of hydrogen-bond acceptors (Lipinski definition) is 2. The molecule has 0 heterocycles. The minimum atomic E-state index is -0.211. The van der Waals surface area contributed by atoms with Crippen molar-refractivity contribution in [1.82, 2.24) is 0 Å². The highest BCUT2D eigenvalue weighted by Crippen LogP contribution is 2.22. The van der Waals surface area contributed by atoms with Gasteiger partial charge in [0.15, 0.2) is 0 Å². The van der Waals surface area contributed by atoms with E-state index >= 15 is 0 Å². The van der Waals surface area contributed by atoms with E-state index in [0.717, 1.165) is 4.47 Å². The number of phenols is 1. The topological polar surface area (TPSA) is 49.3 Å². The lowest BCUT2D eigenvalue weighted by Crippen LogP contribution is -2.11. The summed E-state index contributed by atoms with van der Waals surface area (Å²) in [6, 6.07) is 13.5. The lowest BCUT2D eigenvalue weighted by Gasteiger charge is -2.07. The van der Waals surface area contributed by atoms with Crippen molar-refractivity contribution in [3.8, 4) is 5.75 Å². The molecule has 0 aliphatic rings. The number of amides is 1. The van der Waals surface area contributed by atoms with Gasteiger partial charge in [0.05, 0.1) is 5.69 Å². The fourth-order valence-electron chi connectivity index (χ4n) is 1.37. The molecule has 17 heavy (non-hydrogen) atoms. The van der Waals surface area contributed by atoms with Gasteiger partial charge in [-0.2, -0.15) is 0 Å². The Morgan fingerprint density at radius 1 is 1.06 bits per heavy atom. The second kappa shape index (κ2) is 5.01. The van der Waals surface area contributed by atoms with Gasteiger partial charge in [-0.25, -0.2) is 0 Å². The van der Waals surface area contributed by atoms with Crippen LogP contribution in [0.15, 0.2) is 53.0 Å². The molecule has 0 radical (unpaired) electrons. The molecule has 2 aromatic carbocycles. The summed E-state index contributed by atoms with van der Waals surface area (Å²) in [5.41, 5.74) is 1.21. The van der Waals surface area contributed by atoms with Gasteiger partial charge < -0.3 is 10.4 Å². The van der Waals surface area contributed by atoms with Crippen LogP contribution in [0.1, 0.15) is 10.4 Å². The van der Waals surface area contributed by atoms with Gasteiger partial charge in [0.25, 0.3) is 5.91 Å². The van der Waals surface area contributed by atoms with Crippen LogP contribution >= 0.6 is 15.9 Å². The highest BCUT2D eigenvalue weighted by molar-refractivity contribution is 9.10. The number of aromatic hydroxyl groups is 1. The Hall–Kier alpha value is -1.81. The first-order chi connectivity index (χ1) is 8.16. The molecule has 0 aliphatic heterocycles. The van der Waals surface area contributed by atoms with Crippen LogP contribution in [0.4, 0.5) is 5.69 Å². The van der Waals surface area contributed by atoms with Gasteiger partial charge in [0.1, 0.15) is 5.75 Å². The molecule has 2 N–H and O–H groups in total. The molecule has 0 spiro atoms. The minimum absolute atomic E-state index is 0.141. The molecular weight excluding hydrogens is 282 g/mol. The molecule has 3 nitrogen and oxygen atoms in total. The van der Waals surface area contributed by atoms with Crippen LogP contribution in [0, 0.1) is 0 Å². The molecule has 0 aliphatic carbocycles. The molecule has 0 aromatic heterocycles. The number of nitrogens with one attached hydrogen (secondary N) is 1. The monoisotopic (exact) mass is 291 g/mol. The summed E-state index contributed by atoms with van der Waals surface area (Å²) >= 11 is 3.35. The molecule has 2 rings (SSSR count). The lowest BCUT2D eigenvalue weighted by molar-refractivity contribution is 0.102. The molecule has 0 saturated heterocycles. The predicted molar refractivity (Wildman–Crippen MR) is 70.2 cm³/mol. The van der Waals surface area contributed by atoms with Crippen LogP contribution in [0.5, 0.6) is 5.75 Å². The number of benzene rings is 2. The Balaban J connectivity index is 2.17. The Morgan fingerprint density at radius 3 is 2.35 bits per heavy atom. The van der Waals surface area contributed by atoms with Crippen LogP contribution < -0.4 is 5.32 Å². The van der Waals surface area contributed by atoms with E-state index in [9.17, 15) is 4.79 Å². The number of hydrogen-bond donors (Lipinski definition) is 2. The number of carbonyl (C=O) groups is 1. The van der Waals surface area contributed by atoms with E-state index in [4.69, 9.17) is 5.11 Å². The highest BCUT2D eigenvalue weighted by Gasteiger charge is 2.07. The highest BCUT2D eigenvalue weighted by atomic mass is 79.9. The van der Waals surface area contributed by atoms with Crippen molar-refractivity contribution in [2.45, 2.75) is 0 Å². The van der Waals surface area contributed by atoms with Gasteiger partial charge >= 0.3 is 0 Å². The van der Waals surface area contributed by atoms with Crippen molar-refractivity contribution in [2.24, 2.45) is 0 Å². The average Bonchev–Trinajstić information content (AvgIpc) is 2.33. The number of anilines is 1. The van der Waals surface area contributed by atoms with Gasteiger partial charge in [0.2, 0.25) is 0 Å². The summed E-state index contributed by atoms with van der Waals surface area (Å²) in [6.45, 7) is 0. The van der Waals surface area contributed by atoms with Gasteiger partial charge in [-0.3, -0.25) is 4.79 Å². The summed E-state index contributed by atoms with van der Waals surface area (Å²) in [5.74, 6) is -0.0701. The number of halogens is 1. The van der Waals surface area contributed by atoms with Crippen molar-refractivity contribution in [1.29, 1.82) is 0 Å². The van der Waals surface area contributed by atoms with Crippen LogP contribution in [0.3, 0.4) is 0 Å². The molecule has 0 bridgehead atoms. The van der Waals surface area contributed by atoms with E-state index in [2.05, 4.69) is 21.2 Å². The third kappa shape index (κ3) is 2.85. The van der Waals surface area contributed by atoms with Crippen LogP contribution in [-0.2, 0) is 0 Å². The van der Waals surface area contributed by atoms with Crippen LogP contribution in [0.25, 0.3) is 0 Å². The zero-order valence-corrected chi connectivity index (χ0v) is 10.4. The van der Waals surface area contributed by atoms with E-state index < -0.39 is 0 Å². The van der Waals surface area contributed by atoms with Crippen LogP contribution in [0.2, 0.25) is 0 Å². The smallest absolute Gasteiger partial charge is 0.255 e. The summed E-state index contributed by atoms with van der Waals surface area (Å²) < 4.78 is 0.826. The Labute approximate surface area is 107 Å².